The molecule has 1 aliphatic heterocycles. The second-order valence-corrected chi connectivity index (χ2v) is 6.93. The van der Waals surface area contributed by atoms with Gasteiger partial charge in [0.15, 0.2) is 9.84 Å². The third-order valence-corrected chi connectivity index (χ3v) is 5.56. The summed E-state index contributed by atoms with van der Waals surface area (Å²) in [4.78, 5) is 11.1. The van der Waals surface area contributed by atoms with Gasteiger partial charge in [0.2, 0.25) is 4.75 Å². The number of carboxylic acids is 1. The van der Waals surface area contributed by atoms with Crippen molar-refractivity contribution >= 4 is 31.7 Å². The third-order valence-electron chi connectivity index (χ3n) is 2.70. The highest BCUT2D eigenvalue weighted by molar-refractivity contribution is 9.10. The van der Waals surface area contributed by atoms with Gasteiger partial charge in [-0.15, -0.1) is 0 Å². The van der Waals surface area contributed by atoms with Crippen LogP contribution in [0.1, 0.15) is 0 Å². The summed E-state index contributed by atoms with van der Waals surface area (Å²) >= 11 is 3.19. The van der Waals surface area contributed by atoms with E-state index in [0.29, 0.717) is 0 Å². The summed E-state index contributed by atoms with van der Waals surface area (Å²) in [7, 11) is -3.93. The largest absolute Gasteiger partial charge is 0.480 e. The third kappa shape index (κ3) is 1.78. The first-order valence-corrected chi connectivity index (χ1v) is 6.99. The van der Waals surface area contributed by atoms with Gasteiger partial charge in [0.1, 0.15) is 0 Å². The minimum absolute atomic E-state index is 0.00796. The van der Waals surface area contributed by atoms with Gasteiger partial charge in [-0.3, -0.25) is 4.79 Å². The molecule has 17 heavy (non-hydrogen) atoms. The Labute approximate surface area is 106 Å². The van der Waals surface area contributed by atoms with Gasteiger partial charge in [0.05, 0.1) is 18.1 Å². The molecule has 0 spiro atoms. The van der Waals surface area contributed by atoms with Crippen molar-refractivity contribution in [1.29, 1.82) is 0 Å². The lowest BCUT2D eigenvalue weighted by Gasteiger charge is -2.36. The second-order valence-electron chi connectivity index (χ2n) is 3.75. The van der Waals surface area contributed by atoms with E-state index in [9.17, 15) is 13.2 Å². The van der Waals surface area contributed by atoms with Crippen LogP contribution >= 0.6 is 15.9 Å². The van der Waals surface area contributed by atoms with Crippen LogP contribution in [0, 0.1) is 0 Å². The number of rotatable bonds is 3. The van der Waals surface area contributed by atoms with E-state index in [1.54, 1.807) is 12.1 Å². The molecule has 1 heterocycles. The monoisotopic (exact) mass is 320 g/mol. The molecule has 1 aromatic rings. The molecule has 1 saturated heterocycles. The summed E-state index contributed by atoms with van der Waals surface area (Å²) in [6, 6.07) is 5.87. The maximum Gasteiger partial charge on any atom is 0.330 e. The summed E-state index contributed by atoms with van der Waals surface area (Å²) in [6.45, 7) is -0.610. The zero-order chi connectivity index (χ0) is 12.7. The minimum atomic E-state index is -3.93. The Morgan fingerprint density at radius 2 is 1.82 bits per heavy atom. The Bertz CT molecular complexity index is 545. The van der Waals surface area contributed by atoms with E-state index < -0.39 is 20.6 Å². The van der Waals surface area contributed by atoms with Crippen LogP contribution in [0.2, 0.25) is 0 Å². The fourth-order valence-corrected chi connectivity index (χ4v) is 3.44. The number of ether oxygens (including phenoxy) is 1. The topological polar surface area (TPSA) is 80.7 Å². The molecule has 0 aliphatic carbocycles. The van der Waals surface area contributed by atoms with Crippen molar-refractivity contribution in [2.24, 2.45) is 0 Å². The van der Waals surface area contributed by atoms with Gasteiger partial charge < -0.3 is 9.84 Å². The maximum atomic E-state index is 12.2. The minimum Gasteiger partial charge on any atom is -0.480 e. The van der Waals surface area contributed by atoms with E-state index in [2.05, 4.69) is 15.9 Å². The molecule has 5 nitrogen and oxygen atoms in total. The van der Waals surface area contributed by atoms with Crippen molar-refractivity contribution in [3.05, 3.63) is 28.7 Å². The number of aliphatic carboxylic acids is 1. The highest BCUT2D eigenvalue weighted by Gasteiger charge is 2.58. The predicted molar refractivity (Wildman–Crippen MR) is 62.5 cm³/mol. The first kappa shape index (κ1) is 12.5. The van der Waals surface area contributed by atoms with Crippen LogP contribution in [0.15, 0.2) is 33.6 Å². The smallest absolute Gasteiger partial charge is 0.330 e. The van der Waals surface area contributed by atoms with E-state index in [0.717, 1.165) is 4.47 Å². The number of carbonyl (C=O) groups is 1. The summed E-state index contributed by atoms with van der Waals surface area (Å²) in [5.74, 6) is -1.37. The molecule has 1 aliphatic rings. The molecular formula is C10H9BrO5S. The van der Waals surface area contributed by atoms with Crippen LogP contribution in [0.3, 0.4) is 0 Å². The number of sulfone groups is 1. The van der Waals surface area contributed by atoms with Crippen molar-refractivity contribution in [3.63, 3.8) is 0 Å². The second kappa shape index (κ2) is 4.08. The quantitative estimate of drug-likeness (QED) is 0.901. The van der Waals surface area contributed by atoms with Crippen molar-refractivity contribution in [2.75, 3.05) is 13.2 Å². The number of benzene rings is 1. The average Bonchev–Trinajstić information content (AvgIpc) is 2.14. The zero-order valence-corrected chi connectivity index (χ0v) is 11.0. The van der Waals surface area contributed by atoms with E-state index >= 15 is 0 Å². The van der Waals surface area contributed by atoms with E-state index in [1.165, 1.54) is 12.1 Å². The summed E-state index contributed by atoms with van der Waals surface area (Å²) in [5.41, 5.74) is 0. The molecule has 1 fully saturated rings. The van der Waals surface area contributed by atoms with Gasteiger partial charge in [-0.05, 0) is 24.3 Å². The van der Waals surface area contributed by atoms with Gasteiger partial charge in [-0.25, -0.2) is 8.42 Å². The molecule has 2 rings (SSSR count). The normalized spacial score (nSPS) is 18.4. The van der Waals surface area contributed by atoms with Gasteiger partial charge in [0.25, 0.3) is 0 Å². The van der Waals surface area contributed by atoms with Crippen molar-refractivity contribution in [2.45, 2.75) is 9.64 Å². The lowest BCUT2D eigenvalue weighted by atomic mass is 10.1. The Kier molecular flexibility index (Phi) is 3.01. The highest BCUT2D eigenvalue weighted by Crippen LogP contribution is 2.33. The van der Waals surface area contributed by atoms with Crippen LogP contribution in [-0.4, -0.2) is 37.5 Å². The van der Waals surface area contributed by atoms with Crippen molar-refractivity contribution < 1.29 is 23.1 Å². The van der Waals surface area contributed by atoms with Crippen LogP contribution in [0.5, 0.6) is 0 Å². The zero-order valence-electron chi connectivity index (χ0n) is 8.59. The van der Waals surface area contributed by atoms with Crippen LogP contribution in [0.25, 0.3) is 0 Å². The molecule has 0 aromatic heterocycles. The van der Waals surface area contributed by atoms with Gasteiger partial charge in [-0.2, -0.15) is 0 Å². The van der Waals surface area contributed by atoms with Crippen LogP contribution < -0.4 is 0 Å². The fourth-order valence-electron chi connectivity index (χ4n) is 1.52. The molecule has 0 saturated carbocycles. The first-order valence-electron chi connectivity index (χ1n) is 4.71. The molecular weight excluding hydrogens is 312 g/mol. The summed E-state index contributed by atoms with van der Waals surface area (Å²) in [6.07, 6.45) is 0. The number of carboxylic acid groups (broad SMARTS) is 1. The van der Waals surface area contributed by atoms with E-state index in [-0.39, 0.29) is 18.1 Å². The van der Waals surface area contributed by atoms with Crippen molar-refractivity contribution in [3.8, 4) is 0 Å². The standard InChI is InChI=1S/C10H9BrO5S/c11-7-1-3-8(4-2-7)17(14,15)10(9(12)13)5-16-6-10/h1-4H,5-6H2,(H,12,13). The maximum absolute atomic E-state index is 12.2. The Morgan fingerprint density at radius 1 is 1.29 bits per heavy atom. The summed E-state index contributed by atoms with van der Waals surface area (Å²) < 4.78 is 28.1. The molecule has 0 bridgehead atoms. The van der Waals surface area contributed by atoms with E-state index in [4.69, 9.17) is 9.84 Å². The summed E-state index contributed by atoms with van der Waals surface area (Å²) in [5, 5.41) is 9.07. The lowest BCUT2D eigenvalue weighted by molar-refractivity contribution is -0.152. The Balaban J connectivity index is 2.49. The number of halogens is 1. The lowest BCUT2D eigenvalue weighted by Crippen LogP contribution is -2.61. The van der Waals surface area contributed by atoms with Gasteiger partial charge in [0, 0.05) is 4.47 Å². The molecule has 92 valence electrons. The van der Waals surface area contributed by atoms with Crippen LogP contribution in [0.4, 0.5) is 0 Å². The average molecular weight is 321 g/mol. The molecule has 0 atom stereocenters. The number of hydrogen-bond donors (Lipinski definition) is 1. The molecule has 7 heteroatoms. The van der Waals surface area contributed by atoms with E-state index in [1.807, 2.05) is 0 Å². The first-order chi connectivity index (χ1) is 7.90. The SMILES string of the molecule is O=C(O)C1(S(=O)(=O)c2ccc(Br)cc2)COC1. The molecule has 1 aromatic carbocycles. The molecule has 0 amide bonds. The fraction of sp³-hybridized carbons (Fsp3) is 0.300. The number of hydrogen-bond acceptors (Lipinski definition) is 4. The predicted octanol–water partition coefficient (Wildman–Crippen LogP) is 1.08. The Hall–Kier alpha value is -0.920. The highest BCUT2D eigenvalue weighted by atomic mass is 79.9. The van der Waals surface area contributed by atoms with Crippen molar-refractivity contribution in [1.82, 2.24) is 0 Å². The van der Waals surface area contributed by atoms with Crippen LogP contribution in [-0.2, 0) is 19.4 Å². The molecule has 0 unspecified atom stereocenters. The molecule has 1 N–H and O–H groups in total. The Morgan fingerprint density at radius 3 is 2.18 bits per heavy atom. The van der Waals surface area contributed by atoms with Gasteiger partial charge in [-0.1, -0.05) is 15.9 Å². The molecule has 0 radical (unpaired) electrons. The van der Waals surface area contributed by atoms with Gasteiger partial charge >= 0.3 is 5.97 Å².